The molecule has 1 atom stereocenters. The lowest BCUT2D eigenvalue weighted by Crippen LogP contribution is -2.50. The molecule has 0 spiro atoms. The van der Waals surface area contributed by atoms with E-state index in [2.05, 4.69) is 5.32 Å². The lowest BCUT2D eigenvalue weighted by atomic mass is 10.1. The second-order valence-corrected chi connectivity index (χ2v) is 9.75. The van der Waals surface area contributed by atoms with E-state index in [4.69, 9.17) is 27.9 Å². The maximum atomic E-state index is 13.3. The molecule has 11 heteroatoms. The van der Waals surface area contributed by atoms with Crippen LogP contribution in [-0.2, 0) is 26.2 Å². The van der Waals surface area contributed by atoms with Gasteiger partial charge in [-0.3, -0.25) is 13.9 Å². The second kappa shape index (κ2) is 10.9. The summed E-state index contributed by atoms with van der Waals surface area (Å²) in [5.74, 6) is -0.363. The highest BCUT2D eigenvalue weighted by atomic mass is 35.5. The average molecular weight is 502 g/mol. The van der Waals surface area contributed by atoms with Crippen LogP contribution in [0, 0.1) is 0 Å². The van der Waals surface area contributed by atoms with Gasteiger partial charge in [-0.05, 0) is 42.8 Å². The quantitative estimate of drug-likeness (QED) is 0.569. The number of amides is 2. The topological polar surface area (TPSA) is 96.0 Å². The normalized spacial score (nSPS) is 12.1. The highest BCUT2D eigenvalue weighted by Crippen LogP contribution is 2.28. The third-order valence-electron chi connectivity index (χ3n) is 4.77. The zero-order valence-electron chi connectivity index (χ0n) is 18.1. The Morgan fingerprint density at radius 1 is 1.12 bits per heavy atom. The highest BCUT2D eigenvalue weighted by molar-refractivity contribution is 7.92. The fraction of sp³-hybridized carbons (Fsp3) is 0.333. The van der Waals surface area contributed by atoms with Crippen LogP contribution in [0.1, 0.15) is 12.5 Å². The third-order valence-corrected chi connectivity index (χ3v) is 6.65. The molecule has 32 heavy (non-hydrogen) atoms. The smallest absolute Gasteiger partial charge is 0.244 e. The summed E-state index contributed by atoms with van der Waals surface area (Å²) in [7, 11) is -0.860. The largest absolute Gasteiger partial charge is 0.497 e. The lowest BCUT2D eigenvalue weighted by molar-refractivity contribution is -0.139. The van der Waals surface area contributed by atoms with Crippen molar-refractivity contribution in [2.45, 2.75) is 19.5 Å². The first-order valence-corrected chi connectivity index (χ1v) is 12.1. The van der Waals surface area contributed by atoms with E-state index < -0.39 is 28.5 Å². The van der Waals surface area contributed by atoms with E-state index in [1.54, 1.807) is 31.2 Å². The summed E-state index contributed by atoms with van der Waals surface area (Å²) in [4.78, 5) is 26.9. The molecule has 8 nitrogen and oxygen atoms in total. The van der Waals surface area contributed by atoms with Crippen LogP contribution in [0.25, 0.3) is 0 Å². The molecule has 2 amide bonds. The summed E-state index contributed by atoms with van der Waals surface area (Å²) in [6, 6.07) is 10.5. The number of likely N-dealkylation sites (N-methyl/N-ethyl adjacent to an activating group) is 1. The molecule has 0 aliphatic carbocycles. The van der Waals surface area contributed by atoms with Crippen LogP contribution in [-0.4, -0.2) is 58.1 Å². The van der Waals surface area contributed by atoms with Gasteiger partial charge in [0.25, 0.3) is 0 Å². The summed E-state index contributed by atoms with van der Waals surface area (Å²) >= 11 is 12.0. The fourth-order valence-corrected chi connectivity index (χ4v) is 4.15. The molecule has 2 aromatic carbocycles. The molecule has 0 aliphatic heterocycles. The van der Waals surface area contributed by atoms with Crippen molar-refractivity contribution in [2.75, 3.05) is 31.3 Å². The summed E-state index contributed by atoms with van der Waals surface area (Å²) < 4.78 is 31.1. The van der Waals surface area contributed by atoms with Crippen molar-refractivity contribution < 1.29 is 22.7 Å². The molecule has 0 saturated carbocycles. The summed E-state index contributed by atoms with van der Waals surface area (Å²) in [5.41, 5.74) is 0.901. The van der Waals surface area contributed by atoms with Gasteiger partial charge in [-0.25, -0.2) is 8.42 Å². The van der Waals surface area contributed by atoms with E-state index in [0.29, 0.717) is 11.3 Å². The van der Waals surface area contributed by atoms with Crippen molar-refractivity contribution in [3.8, 4) is 5.75 Å². The van der Waals surface area contributed by atoms with Crippen LogP contribution in [0.3, 0.4) is 0 Å². The molecule has 2 aromatic rings. The molecule has 1 N–H and O–H groups in total. The highest BCUT2D eigenvalue weighted by Gasteiger charge is 2.30. The van der Waals surface area contributed by atoms with Crippen molar-refractivity contribution >= 4 is 50.7 Å². The number of hydrogen-bond donors (Lipinski definition) is 1. The molecule has 0 fully saturated rings. The number of carbonyl (C=O) groups excluding carboxylic acids is 2. The zero-order chi connectivity index (χ0) is 24.1. The van der Waals surface area contributed by atoms with Gasteiger partial charge in [0, 0.05) is 13.6 Å². The molecule has 0 aromatic heterocycles. The SMILES string of the molecule is CNC(=O)[C@@H](C)N(Cc1cccc(OC)c1)C(=O)CN(c1ccc(Cl)c(Cl)c1)S(C)(=O)=O. The summed E-state index contributed by atoms with van der Waals surface area (Å²) in [5, 5.41) is 2.92. The third kappa shape index (κ3) is 6.51. The van der Waals surface area contributed by atoms with E-state index in [-0.39, 0.29) is 28.2 Å². The number of ether oxygens (including phenoxy) is 1. The van der Waals surface area contributed by atoms with Gasteiger partial charge in [-0.2, -0.15) is 0 Å². The van der Waals surface area contributed by atoms with Crippen LogP contribution in [0.4, 0.5) is 5.69 Å². The first-order valence-electron chi connectivity index (χ1n) is 9.54. The number of nitrogens with zero attached hydrogens (tertiary/aromatic N) is 2. The Kier molecular flexibility index (Phi) is 8.77. The van der Waals surface area contributed by atoms with Gasteiger partial charge in [0.2, 0.25) is 21.8 Å². The number of hydrogen-bond acceptors (Lipinski definition) is 5. The number of nitrogens with one attached hydrogen (secondary N) is 1. The van der Waals surface area contributed by atoms with Crippen molar-refractivity contribution in [1.29, 1.82) is 0 Å². The summed E-state index contributed by atoms with van der Waals surface area (Å²) in [6.45, 7) is 1.12. The van der Waals surface area contributed by atoms with Gasteiger partial charge < -0.3 is 15.0 Å². The maximum absolute atomic E-state index is 13.3. The Labute approximate surface area is 198 Å². The molecule has 0 unspecified atom stereocenters. The number of carbonyl (C=O) groups is 2. The number of rotatable bonds is 9. The Hall–Kier alpha value is -2.49. The van der Waals surface area contributed by atoms with Crippen molar-refractivity contribution in [3.63, 3.8) is 0 Å². The minimum atomic E-state index is -3.85. The van der Waals surface area contributed by atoms with Crippen LogP contribution in [0.5, 0.6) is 5.75 Å². The average Bonchev–Trinajstić information content (AvgIpc) is 2.75. The number of benzene rings is 2. The maximum Gasteiger partial charge on any atom is 0.244 e. The van der Waals surface area contributed by atoms with Crippen molar-refractivity contribution in [2.24, 2.45) is 0 Å². The summed E-state index contributed by atoms with van der Waals surface area (Å²) in [6.07, 6.45) is 0.984. The van der Waals surface area contributed by atoms with Crippen LogP contribution in [0.2, 0.25) is 10.0 Å². The molecular weight excluding hydrogens is 477 g/mol. The van der Waals surface area contributed by atoms with Gasteiger partial charge in [-0.15, -0.1) is 0 Å². The van der Waals surface area contributed by atoms with Crippen LogP contribution in [0.15, 0.2) is 42.5 Å². The van der Waals surface area contributed by atoms with Crippen LogP contribution < -0.4 is 14.4 Å². The molecule has 174 valence electrons. The standard InChI is InChI=1S/C21H25Cl2N3O5S/c1-14(21(28)24-2)25(12-15-6-5-7-17(10-15)31-3)20(27)13-26(32(4,29)30)16-8-9-18(22)19(23)11-16/h5-11,14H,12-13H2,1-4H3,(H,24,28)/t14-/m1/s1. The molecule has 2 rings (SSSR count). The van der Waals surface area contributed by atoms with E-state index in [9.17, 15) is 18.0 Å². The first-order chi connectivity index (χ1) is 15.0. The minimum Gasteiger partial charge on any atom is -0.497 e. The van der Waals surface area contributed by atoms with Crippen molar-refractivity contribution in [1.82, 2.24) is 10.2 Å². The molecular formula is C21H25Cl2N3O5S. The van der Waals surface area contributed by atoms with Gasteiger partial charge in [-0.1, -0.05) is 35.3 Å². The van der Waals surface area contributed by atoms with Gasteiger partial charge in [0.05, 0.1) is 29.1 Å². The zero-order valence-corrected chi connectivity index (χ0v) is 20.5. The predicted molar refractivity (Wildman–Crippen MR) is 126 cm³/mol. The van der Waals surface area contributed by atoms with E-state index >= 15 is 0 Å². The molecule has 0 bridgehead atoms. The second-order valence-electron chi connectivity index (χ2n) is 7.03. The number of halogens is 2. The number of sulfonamides is 1. The van der Waals surface area contributed by atoms with Gasteiger partial charge in [0.1, 0.15) is 18.3 Å². The minimum absolute atomic E-state index is 0.0730. The number of anilines is 1. The Bertz CT molecular complexity index is 1090. The van der Waals surface area contributed by atoms with E-state index in [1.165, 1.54) is 37.3 Å². The monoisotopic (exact) mass is 501 g/mol. The first kappa shape index (κ1) is 25.8. The molecule has 0 saturated heterocycles. The van der Waals surface area contributed by atoms with Gasteiger partial charge >= 0.3 is 0 Å². The molecule has 0 aliphatic rings. The van der Waals surface area contributed by atoms with Crippen LogP contribution >= 0.6 is 23.2 Å². The van der Waals surface area contributed by atoms with E-state index in [0.717, 1.165) is 10.6 Å². The molecule has 0 radical (unpaired) electrons. The number of methoxy groups -OCH3 is 1. The van der Waals surface area contributed by atoms with Crippen molar-refractivity contribution in [3.05, 3.63) is 58.1 Å². The van der Waals surface area contributed by atoms with Gasteiger partial charge in [0.15, 0.2) is 0 Å². The lowest BCUT2D eigenvalue weighted by Gasteiger charge is -2.31. The van der Waals surface area contributed by atoms with E-state index in [1.807, 2.05) is 0 Å². The molecule has 0 heterocycles. The predicted octanol–water partition coefficient (Wildman–Crippen LogP) is 2.93. The Morgan fingerprint density at radius 2 is 1.81 bits per heavy atom. The fourth-order valence-electron chi connectivity index (χ4n) is 3.01. The Morgan fingerprint density at radius 3 is 2.38 bits per heavy atom. The Balaban J connectivity index is 2.41.